The smallest absolute Gasteiger partial charge is 0.416 e. The Hall–Kier alpha value is -3.16. The van der Waals surface area contributed by atoms with Gasteiger partial charge in [-0.15, -0.1) is 0 Å². The molecule has 28 heavy (non-hydrogen) atoms. The number of esters is 1. The number of amides is 1. The summed E-state index contributed by atoms with van der Waals surface area (Å²) in [5.74, 6) is -2.66. The summed E-state index contributed by atoms with van der Waals surface area (Å²) in [5, 5.41) is 0. The van der Waals surface area contributed by atoms with Crippen molar-refractivity contribution >= 4 is 17.6 Å². The van der Waals surface area contributed by atoms with Gasteiger partial charge < -0.3 is 4.74 Å². The molecule has 0 saturated carbocycles. The van der Waals surface area contributed by atoms with Gasteiger partial charge in [-0.1, -0.05) is 24.3 Å². The van der Waals surface area contributed by atoms with Crippen molar-refractivity contribution in [1.82, 2.24) is 0 Å². The van der Waals surface area contributed by atoms with Crippen LogP contribution in [0.3, 0.4) is 0 Å². The molecular weight excluding hydrogens is 378 g/mol. The molecule has 8 heteroatoms. The van der Waals surface area contributed by atoms with E-state index >= 15 is 0 Å². The number of carbonyl (C=O) groups is 2. The number of carbonyl (C=O) groups excluding carboxylic acids is 2. The van der Waals surface area contributed by atoms with Crippen molar-refractivity contribution in [2.75, 3.05) is 11.5 Å². The summed E-state index contributed by atoms with van der Waals surface area (Å²) in [6, 6.07) is 10.0. The minimum absolute atomic E-state index is 0.0161. The fourth-order valence-electron chi connectivity index (χ4n) is 3.60. The first-order valence-corrected chi connectivity index (χ1v) is 8.42. The van der Waals surface area contributed by atoms with Crippen LogP contribution in [0, 0.1) is 5.82 Å². The summed E-state index contributed by atoms with van der Waals surface area (Å²) in [6.45, 7) is -0.263. The first-order chi connectivity index (χ1) is 13.3. The van der Waals surface area contributed by atoms with Crippen LogP contribution in [-0.4, -0.2) is 18.5 Å². The second-order valence-corrected chi connectivity index (χ2v) is 6.49. The van der Waals surface area contributed by atoms with Gasteiger partial charge in [0.1, 0.15) is 12.4 Å². The van der Waals surface area contributed by atoms with Gasteiger partial charge in [-0.25, -0.2) is 9.18 Å². The SMILES string of the molecule is O=C1OCC2=C1[C@H](c1ccccc1F)CC(=O)N2c1cccc(C(F)(F)F)c1. The highest BCUT2D eigenvalue weighted by molar-refractivity contribution is 6.06. The molecule has 2 aromatic carbocycles. The number of halogens is 4. The molecule has 0 radical (unpaired) electrons. The van der Waals surface area contributed by atoms with Gasteiger partial charge in [0.25, 0.3) is 0 Å². The molecule has 0 fully saturated rings. The standard InChI is InChI=1S/C20H13F4NO3/c21-15-7-2-1-6-13(15)14-9-17(26)25(16-10-28-19(27)18(14)16)12-5-3-4-11(8-12)20(22,23)24/h1-8,14H,9-10H2/t14-/m0/s1. The average molecular weight is 391 g/mol. The topological polar surface area (TPSA) is 46.6 Å². The largest absolute Gasteiger partial charge is 0.456 e. The maximum absolute atomic E-state index is 14.3. The van der Waals surface area contributed by atoms with Crippen LogP contribution in [0.25, 0.3) is 0 Å². The highest BCUT2D eigenvalue weighted by Crippen LogP contribution is 2.43. The number of cyclic esters (lactones) is 1. The normalized spacial score (nSPS) is 19.7. The van der Waals surface area contributed by atoms with E-state index in [0.717, 1.165) is 17.0 Å². The molecule has 0 aliphatic carbocycles. The van der Waals surface area contributed by atoms with Crippen LogP contribution in [0.5, 0.6) is 0 Å². The average Bonchev–Trinajstić information content (AvgIpc) is 3.02. The molecular formula is C20H13F4NO3. The number of anilines is 1. The lowest BCUT2D eigenvalue weighted by atomic mass is 9.84. The Balaban J connectivity index is 1.84. The Morgan fingerprint density at radius 1 is 1.04 bits per heavy atom. The number of hydrogen-bond donors (Lipinski definition) is 0. The van der Waals surface area contributed by atoms with E-state index in [1.165, 1.54) is 30.3 Å². The van der Waals surface area contributed by atoms with Crippen LogP contribution in [0.1, 0.15) is 23.5 Å². The van der Waals surface area contributed by atoms with E-state index in [2.05, 4.69) is 0 Å². The number of hydrogen-bond acceptors (Lipinski definition) is 3. The van der Waals surface area contributed by atoms with Crippen molar-refractivity contribution in [1.29, 1.82) is 0 Å². The predicted molar refractivity (Wildman–Crippen MR) is 90.7 cm³/mol. The quantitative estimate of drug-likeness (QED) is 0.570. The Labute approximate surface area is 157 Å². The van der Waals surface area contributed by atoms with E-state index in [1.807, 2.05) is 0 Å². The van der Waals surface area contributed by atoms with Gasteiger partial charge in [0.15, 0.2) is 0 Å². The Morgan fingerprint density at radius 3 is 2.50 bits per heavy atom. The highest BCUT2D eigenvalue weighted by atomic mass is 19.4. The summed E-state index contributed by atoms with van der Waals surface area (Å²) in [4.78, 5) is 26.2. The van der Waals surface area contributed by atoms with Crippen molar-refractivity contribution in [3.05, 3.63) is 76.7 Å². The number of alkyl halides is 3. The monoisotopic (exact) mass is 391 g/mol. The minimum atomic E-state index is -4.58. The lowest BCUT2D eigenvalue weighted by Gasteiger charge is -2.32. The lowest BCUT2D eigenvalue weighted by Crippen LogP contribution is -2.37. The first-order valence-electron chi connectivity index (χ1n) is 8.42. The Bertz CT molecular complexity index is 1010. The second kappa shape index (κ2) is 6.47. The molecule has 1 atom stereocenters. The minimum Gasteiger partial charge on any atom is -0.456 e. The van der Waals surface area contributed by atoms with E-state index in [1.54, 1.807) is 6.07 Å². The van der Waals surface area contributed by atoms with E-state index < -0.39 is 35.4 Å². The third kappa shape index (κ3) is 2.94. The zero-order valence-corrected chi connectivity index (χ0v) is 14.3. The van der Waals surface area contributed by atoms with Gasteiger partial charge in [-0.3, -0.25) is 9.69 Å². The molecule has 4 rings (SSSR count). The molecule has 2 aliphatic rings. The molecule has 0 saturated heterocycles. The molecule has 2 aromatic rings. The van der Waals surface area contributed by atoms with E-state index in [9.17, 15) is 27.2 Å². The molecule has 1 amide bonds. The molecule has 0 N–H and O–H groups in total. The van der Waals surface area contributed by atoms with Gasteiger partial charge in [0, 0.05) is 18.0 Å². The van der Waals surface area contributed by atoms with Gasteiger partial charge >= 0.3 is 12.1 Å². The predicted octanol–water partition coefficient (Wildman–Crippen LogP) is 4.18. The first kappa shape index (κ1) is 18.2. The van der Waals surface area contributed by atoms with E-state index in [-0.39, 0.29) is 35.5 Å². The second-order valence-electron chi connectivity index (χ2n) is 6.49. The molecule has 2 aliphatic heterocycles. The molecule has 0 unspecified atom stereocenters. The van der Waals surface area contributed by atoms with Crippen LogP contribution in [-0.2, 0) is 20.5 Å². The zero-order valence-electron chi connectivity index (χ0n) is 14.3. The molecule has 0 bridgehead atoms. The maximum Gasteiger partial charge on any atom is 0.416 e. The molecule has 4 nitrogen and oxygen atoms in total. The van der Waals surface area contributed by atoms with E-state index in [4.69, 9.17) is 4.74 Å². The maximum atomic E-state index is 14.3. The summed E-state index contributed by atoms with van der Waals surface area (Å²) < 4.78 is 58.5. The number of ether oxygens (including phenoxy) is 1. The number of rotatable bonds is 2. The third-order valence-electron chi connectivity index (χ3n) is 4.83. The number of nitrogens with zero attached hydrogens (tertiary/aromatic N) is 1. The Morgan fingerprint density at radius 2 is 1.79 bits per heavy atom. The molecule has 144 valence electrons. The van der Waals surface area contributed by atoms with Gasteiger partial charge in [-0.05, 0) is 29.8 Å². The van der Waals surface area contributed by atoms with Gasteiger partial charge in [-0.2, -0.15) is 13.2 Å². The van der Waals surface area contributed by atoms with Crippen LogP contribution in [0.15, 0.2) is 59.8 Å². The van der Waals surface area contributed by atoms with Crippen molar-refractivity contribution in [3.8, 4) is 0 Å². The van der Waals surface area contributed by atoms with Crippen molar-refractivity contribution in [3.63, 3.8) is 0 Å². The van der Waals surface area contributed by atoms with Crippen LogP contribution < -0.4 is 4.90 Å². The van der Waals surface area contributed by atoms with Crippen molar-refractivity contribution < 1.29 is 31.9 Å². The highest BCUT2D eigenvalue weighted by Gasteiger charge is 2.44. The van der Waals surface area contributed by atoms with Crippen molar-refractivity contribution in [2.24, 2.45) is 0 Å². The zero-order chi connectivity index (χ0) is 20.1. The Kier molecular flexibility index (Phi) is 4.21. The van der Waals surface area contributed by atoms with Gasteiger partial charge in [0.05, 0.1) is 16.8 Å². The summed E-state index contributed by atoms with van der Waals surface area (Å²) in [6.07, 6.45) is -4.84. The fraction of sp³-hybridized carbons (Fsp3) is 0.200. The summed E-state index contributed by atoms with van der Waals surface area (Å²) in [5.41, 5.74) is -0.513. The van der Waals surface area contributed by atoms with Crippen LogP contribution in [0.4, 0.5) is 23.2 Å². The fourth-order valence-corrected chi connectivity index (χ4v) is 3.60. The van der Waals surface area contributed by atoms with Crippen LogP contribution >= 0.6 is 0 Å². The summed E-state index contributed by atoms with van der Waals surface area (Å²) >= 11 is 0. The molecule has 0 spiro atoms. The van der Waals surface area contributed by atoms with Gasteiger partial charge in [0.2, 0.25) is 5.91 Å². The van der Waals surface area contributed by atoms with Crippen LogP contribution in [0.2, 0.25) is 0 Å². The number of benzene rings is 2. The molecule has 2 heterocycles. The third-order valence-corrected chi connectivity index (χ3v) is 4.83. The summed E-state index contributed by atoms with van der Waals surface area (Å²) in [7, 11) is 0. The van der Waals surface area contributed by atoms with Crippen molar-refractivity contribution in [2.45, 2.75) is 18.5 Å². The molecule has 0 aromatic heterocycles. The van der Waals surface area contributed by atoms with E-state index in [0.29, 0.717) is 0 Å². The lowest BCUT2D eigenvalue weighted by molar-refractivity contribution is -0.138.